The number of anilines is 1. The Morgan fingerprint density at radius 1 is 1.00 bits per heavy atom. The Bertz CT molecular complexity index is 1040. The van der Waals surface area contributed by atoms with E-state index >= 15 is 0 Å². The maximum Gasteiger partial charge on any atom is 0.244 e. The predicted molar refractivity (Wildman–Crippen MR) is 135 cm³/mol. The zero-order valence-electron chi connectivity index (χ0n) is 20.0. The number of sulfonamides is 1. The van der Waals surface area contributed by atoms with Crippen molar-refractivity contribution in [2.45, 2.75) is 57.5 Å². The number of benzene rings is 2. The van der Waals surface area contributed by atoms with Crippen LogP contribution in [0.25, 0.3) is 0 Å². The van der Waals surface area contributed by atoms with E-state index in [1.54, 1.807) is 35.2 Å². The molecule has 3 rings (SSSR count). The second-order valence-corrected chi connectivity index (χ2v) is 10.7. The predicted octanol–water partition coefficient (Wildman–Crippen LogP) is 3.36. The van der Waals surface area contributed by atoms with Gasteiger partial charge in [-0.05, 0) is 43.4 Å². The maximum absolute atomic E-state index is 13.6. The molecular formula is C26H35N3O4S. The minimum absolute atomic E-state index is 0.143. The average Bonchev–Trinajstić information content (AvgIpc) is 3.33. The monoisotopic (exact) mass is 485 g/mol. The second-order valence-electron chi connectivity index (χ2n) is 8.84. The number of amides is 2. The number of para-hydroxylation sites is 1. The molecular weight excluding hydrogens is 450 g/mol. The Hall–Kier alpha value is -2.87. The van der Waals surface area contributed by atoms with Gasteiger partial charge in [-0.25, -0.2) is 8.42 Å². The van der Waals surface area contributed by atoms with Crippen LogP contribution in [0.15, 0.2) is 60.7 Å². The summed E-state index contributed by atoms with van der Waals surface area (Å²) in [6.45, 7) is 1.85. The molecule has 0 unspecified atom stereocenters. The average molecular weight is 486 g/mol. The van der Waals surface area contributed by atoms with Crippen molar-refractivity contribution in [3.63, 3.8) is 0 Å². The van der Waals surface area contributed by atoms with Crippen molar-refractivity contribution in [1.82, 2.24) is 10.2 Å². The first-order chi connectivity index (χ1) is 16.3. The third-order valence-corrected chi connectivity index (χ3v) is 7.44. The number of hydrogen-bond acceptors (Lipinski definition) is 4. The van der Waals surface area contributed by atoms with Gasteiger partial charge in [0.2, 0.25) is 21.8 Å². The maximum atomic E-state index is 13.6. The Morgan fingerprint density at radius 3 is 2.15 bits per heavy atom. The highest BCUT2D eigenvalue weighted by atomic mass is 32.2. The lowest BCUT2D eigenvalue weighted by Gasteiger charge is -2.33. The lowest BCUT2D eigenvalue weighted by atomic mass is 10.1. The summed E-state index contributed by atoms with van der Waals surface area (Å²) < 4.78 is 26.2. The molecule has 184 valence electrons. The van der Waals surface area contributed by atoms with Crippen molar-refractivity contribution in [3.8, 4) is 0 Å². The van der Waals surface area contributed by atoms with E-state index in [2.05, 4.69) is 5.32 Å². The third-order valence-electron chi connectivity index (χ3n) is 6.30. The van der Waals surface area contributed by atoms with E-state index in [0.29, 0.717) is 25.1 Å². The van der Waals surface area contributed by atoms with E-state index in [9.17, 15) is 18.0 Å². The number of nitrogens with zero attached hydrogens (tertiary/aromatic N) is 2. The van der Waals surface area contributed by atoms with Crippen molar-refractivity contribution in [2.75, 3.05) is 23.7 Å². The minimum Gasteiger partial charge on any atom is -0.352 e. The fourth-order valence-corrected chi connectivity index (χ4v) is 5.32. The van der Waals surface area contributed by atoms with Gasteiger partial charge in [0, 0.05) is 12.6 Å². The van der Waals surface area contributed by atoms with E-state index in [-0.39, 0.29) is 18.5 Å². The Kier molecular flexibility index (Phi) is 9.10. The van der Waals surface area contributed by atoms with Gasteiger partial charge >= 0.3 is 0 Å². The molecule has 0 spiro atoms. The highest BCUT2D eigenvalue weighted by molar-refractivity contribution is 7.92. The summed E-state index contributed by atoms with van der Waals surface area (Å²) in [5.41, 5.74) is 1.47. The van der Waals surface area contributed by atoms with Gasteiger partial charge in [-0.15, -0.1) is 0 Å². The van der Waals surface area contributed by atoms with Crippen LogP contribution in [0.5, 0.6) is 0 Å². The van der Waals surface area contributed by atoms with E-state index in [1.807, 2.05) is 37.3 Å². The molecule has 34 heavy (non-hydrogen) atoms. The first kappa shape index (κ1) is 25.7. The molecule has 1 N–H and O–H groups in total. The summed E-state index contributed by atoms with van der Waals surface area (Å²) >= 11 is 0. The molecule has 2 aromatic rings. The molecule has 0 radical (unpaired) electrons. The molecule has 1 atom stereocenters. The van der Waals surface area contributed by atoms with Gasteiger partial charge in [0.25, 0.3) is 0 Å². The molecule has 1 saturated carbocycles. The molecule has 2 amide bonds. The molecule has 8 heteroatoms. The lowest BCUT2D eigenvalue weighted by molar-refractivity contribution is -0.139. The summed E-state index contributed by atoms with van der Waals surface area (Å²) in [5, 5.41) is 3.11. The summed E-state index contributed by atoms with van der Waals surface area (Å²) in [6, 6.07) is 17.8. The summed E-state index contributed by atoms with van der Waals surface area (Å²) in [5.74, 6) is -0.556. The molecule has 1 aliphatic rings. The van der Waals surface area contributed by atoms with Crippen molar-refractivity contribution in [2.24, 2.45) is 0 Å². The minimum atomic E-state index is -3.70. The van der Waals surface area contributed by atoms with Crippen LogP contribution in [-0.4, -0.2) is 56.6 Å². The number of nitrogens with one attached hydrogen (secondary N) is 1. The fourth-order valence-electron chi connectivity index (χ4n) is 4.47. The lowest BCUT2D eigenvalue weighted by Crippen LogP contribution is -2.54. The molecule has 1 fully saturated rings. The van der Waals surface area contributed by atoms with E-state index in [1.165, 1.54) is 0 Å². The van der Waals surface area contributed by atoms with Crippen molar-refractivity contribution >= 4 is 27.5 Å². The smallest absolute Gasteiger partial charge is 0.244 e. The number of hydrogen-bond donors (Lipinski definition) is 1. The van der Waals surface area contributed by atoms with Gasteiger partial charge < -0.3 is 10.2 Å². The van der Waals surface area contributed by atoms with Crippen molar-refractivity contribution in [3.05, 3.63) is 66.2 Å². The number of rotatable bonds is 11. The summed E-state index contributed by atoms with van der Waals surface area (Å²) in [7, 11) is -3.70. The topological polar surface area (TPSA) is 86.8 Å². The molecule has 0 bridgehead atoms. The van der Waals surface area contributed by atoms with Crippen LogP contribution in [0.2, 0.25) is 0 Å². The Balaban J connectivity index is 1.84. The van der Waals surface area contributed by atoms with Crippen LogP contribution < -0.4 is 9.62 Å². The molecule has 1 aliphatic carbocycles. The number of carbonyl (C=O) groups excluding carboxylic acids is 2. The van der Waals surface area contributed by atoms with Crippen LogP contribution >= 0.6 is 0 Å². The second kappa shape index (κ2) is 12.0. The van der Waals surface area contributed by atoms with Crippen LogP contribution in [0.3, 0.4) is 0 Å². The van der Waals surface area contributed by atoms with Crippen molar-refractivity contribution < 1.29 is 18.0 Å². The molecule has 0 heterocycles. The molecule has 0 saturated heterocycles. The van der Waals surface area contributed by atoms with Crippen LogP contribution in [0.1, 0.15) is 44.6 Å². The van der Waals surface area contributed by atoms with Gasteiger partial charge in [-0.1, -0.05) is 68.3 Å². The van der Waals surface area contributed by atoms with Crippen molar-refractivity contribution in [1.29, 1.82) is 0 Å². The van der Waals surface area contributed by atoms with Gasteiger partial charge in [-0.2, -0.15) is 0 Å². The normalized spacial score (nSPS) is 15.0. The molecule has 7 nitrogen and oxygen atoms in total. The van der Waals surface area contributed by atoms with Crippen LogP contribution in [0.4, 0.5) is 5.69 Å². The Morgan fingerprint density at radius 2 is 1.59 bits per heavy atom. The third kappa shape index (κ3) is 7.06. The summed E-state index contributed by atoms with van der Waals surface area (Å²) in [4.78, 5) is 28.3. The standard InChI is InChI=1S/C26H35N3O4S/c1-3-24(26(31)27-22-14-10-11-15-22)28(19-18-21-12-6-4-7-13-21)25(30)20-29(34(2,32)33)23-16-8-5-9-17-23/h4-9,12-13,16-17,22,24H,3,10-11,14-15,18-20H2,1-2H3,(H,27,31)/t24-/m1/s1. The number of carbonyl (C=O) groups is 2. The van der Waals surface area contributed by atoms with Gasteiger partial charge in [0.05, 0.1) is 11.9 Å². The summed E-state index contributed by atoms with van der Waals surface area (Å²) in [6.07, 6.45) is 6.21. The fraction of sp³-hybridized carbons (Fsp3) is 0.462. The van der Waals surface area contributed by atoms with Crippen LogP contribution in [0, 0.1) is 0 Å². The zero-order chi connectivity index (χ0) is 24.6. The largest absolute Gasteiger partial charge is 0.352 e. The molecule has 0 aliphatic heterocycles. The van der Waals surface area contributed by atoms with Gasteiger partial charge in [0.1, 0.15) is 12.6 Å². The van der Waals surface area contributed by atoms with E-state index < -0.39 is 22.0 Å². The van der Waals surface area contributed by atoms with Crippen LogP contribution in [-0.2, 0) is 26.0 Å². The molecule has 0 aromatic heterocycles. The van der Waals surface area contributed by atoms with Gasteiger partial charge in [0.15, 0.2) is 0 Å². The van der Waals surface area contributed by atoms with E-state index in [4.69, 9.17) is 0 Å². The highest BCUT2D eigenvalue weighted by Gasteiger charge is 2.32. The van der Waals surface area contributed by atoms with Gasteiger partial charge in [-0.3, -0.25) is 13.9 Å². The highest BCUT2D eigenvalue weighted by Crippen LogP contribution is 2.20. The zero-order valence-corrected chi connectivity index (χ0v) is 20.8. The first-order valence-corrected chi connectivity index (χ1v) is 13.8. The molecule has 2 aromatic carbocycles. The first-order valence-electron chi connectivity index (χ1n) is 12.0. The quantitative estimate of drug-likeness (QED) is 0.529. The van der Waals surface area contributed by atoms with E-state index in [0.717, 1.165) is 41.8 Å². The Labute approximate surface area is 203 Å². The SMILES string of the molecule is CC[C@H](C(=O)NC1CCCC1)N(CCc1ccccc1)C(=O)CN(c1ccccc1)S(C)(=O)=O.